The Labute approximate surface area is 108 Å². The first-order chi connectivity index (χ1) is 7.97. The number of hydrogen-bond donors (Lipinski definition) is 4. The van der Waals surface area contributed by atoms with Gasteiger partial charge in [-0.2, -0.15) is 8.42 Å². The van der Waals surface area contributed by atoms with Crippen LogP contribution < -0.4 is 6.15 Å². The molecule has 0 radical (unpaired) electrons. The molecule has 0 saturated heterocycles. The van der Waals surface area contributed by atoms with Crippen molar-refractivity contribution in [3.05, 3.63) is 0 Å². The van der Waals surface area contributed by atoms with E-state index in [9.17, 15) is 8.42 Å². The predicted octanol–water partition coefficient (Wildman–Crippen LogP) is -1.83. The van der Waals surface area contributed by atoms with E-state index >= 15 is 0 Å². The van der Waals surface area contributed by atoms with Crippen LogP contribution in [0, 0.1) is 0 Å². The van der Waals surface area contributed by atoms with Gasteiger partial charge >= 0.3 is 10.4 Å². The van der Waals surface area contributed by atoms with E-state index < -0.39 is 10.4 Å². The predicted molar refractivity (Wildman–Crippen MR) is 66.6 cm³/mol. The first-order valence-electron chi connectivity index (χ1n) is 4.88. The lowest BCUT2D eigenvalue weighted by Crippen LogP contribution is -2.32. The van der Waals surface area contributed by atoms with Crippen molar-refractivity contribution >= 4 is 10.4 Å². The number of aliphatic hydroxyl groups is 3. The minimum atomic E-state index is -3.66. The Kier molecular flexibility index (Phi) is 18.7. The Morgan fingerprint density at radius 1 is 0.889 bits per heavy atom. The third-order valence-electron chi connectivity index (χ3n) is 1.66. The highest BCUT2D eigenvalue weighted by Gasteiger charge is 2.01. The quantitative estimate of drug-likeness (QED) is 0.407. The molecule has 18 heavy (non-hydrogen) atoms. The summed E-state index contributed by atoms with van der Waals surface area (Å²) in [6.07, 6.45) is 0. The fourth-order valence-corrected chi connectivity index (χ4v) is 0.964. The third kappa shape index (κ3) is 15.7. The minimum absolute atomic E-state index is 0. The molecule has 0 unspecified atom stereocenters. The maximum absolute atomic E-state index is 9.92. The van der Waals surface area contributed by atoms with Crippen molar-refractivity contribution in [3.63, 3.8) is 0 Å². The fraction of sp³-hybridized carbons (Fsp3) is 1.00. The molecule has 0 aliphatic carbocycles. The third-order valence-corrected chi connectivity index (χ3v) is 2.47. The minimum Gasteiger partial charge on any atom is -0.395 e. The largest absolute Gasteiger partial charge is 0.399 e. The van der Waals surface area contributed by atoms with Crippen LogP contribution in [0.1, 0.15) is 0 Å². The highest BCUT2D eigenvalue weighted by Crippen LogP contribution is 1.86. The zero-order chi connectivity index (χ0) is 13.7. The summed E-state index contributed by atoms with van der Waals surface area (Å²) in [4.78, 5) is 1.79. The Morgan fingerprint density at radius 3 is 1.28 bits per heavy atom. The molecule has 0 saturated carbocycles. The van der Waals surface area contributed by atoms with Gasteiger partial charge < -0.3 is 21.5 Å². The van der Waals surface area contributed by atoms with Crippen molar-refractivity contribution in [2.75, 3.05) is 53.7 Å². The standard InChI is InChI=1S/C6H15NO3.C2H6O4S.H3N/c8-4-1-7(2-5-9)3-6-10;1-5-7(3,4)6-2;/h8-10H,1-6H2;1-2H3;1H3/p+1. The van der Waals surface area contributed by atoms with Crippen molar-refractivity contribution in [2.45, 2.75) is 0 Å². The Morgan fingerprint density at radius 2 is 1.17 bits per heavy atom. The number of nitrogens with zero attached hydrogens (tertiary/aromatic N) is 1. The van der Waals surface area contributed by atoms with Gasteiger partial charge in [0.05, 0.1) is 34.0 Å². The Balaban J connectivity index is -0.000000251. The van der Waals surface area contributed by atoms with E-state index in [0.717, 1.165) is 14.2 Å². The van der Waals surface area contributed by atoms with Crippen LogP contribution in [0.25, 0.3) is 0 Å². The maximum atomic E-state index is 9.92. The molecule has 0 aromatic rings. The van der Waals surface area contributed by atoms with E-state index in [1.807, 2.05) is 0 Å². The lowest BCUT2D eigenvalue weighted by Gasteiger charge is -2.17. The van der Waals surface area contributed by atoms with Gasteiger partial charge in [-0.05, 0) is 0 Å². The SMILES string of the molecule is COS(=O)(=O)OC.OCCN(CCO)CCO.[NH4+]. The van der Waals surface area contributed by atoms with E-state index in [2.05, 4.69) is 8.37 Å². The highest BCUT2D eigenvalue weighted by molar-refractivity contribution is 7.81. The molecular formula is C8H25N2O7S+. The summed E-state index contributed by atoms with van der Waals surface area (Å²) < 4.78 is 27.5. The molecule has 0 aromatic carbocycles. The summed E-state index contributed by atoms with van der Waals surface area (Å²) in [6, 6.07) is 0. The molecule has 0 rings (SSSR count). The lowest BCUT2D eigenvalue weighted by molar-refractivity contribution is 0.136. The molecule has 0 spiro atoms. The molecule has 0 aromatic heterocycles. The van der Waals surface area contributed by atoms with Crippen molar-refractivity contribution in [2.24, 2.45) is 0 Å². The number of rotatable bonds is 8. The van der Waals surface area contributed by atoms with Crippen LogP contribution in [0.2, 0.25) is 0 Å². The molecule has 0 bridgehead atoms. The summed E-state index contributed by atoms with van der Waals surface area (Å²) in [5.41, 5.74) is 0. The van der Waals surface area contributed by atoms with Gasteiger partial charge in [0, 0.05) is 19.6 Å². The molecule has 0 amide bonds. The molecule has 7 N–H and O–H groups in total. The van der Waals surface area contributed by atoms with Crippen molar-refractivity contribution in [1.29, 1.82) is 0 Å². The molecule has 0 atom stereocenters. The summed E-state index contributed by atoms with van der Waals surface area (Å²) in [6.45, 7) is 1.75. The highest BCUT2D eigenvalue weighted by atomic mass is 32.3. The molecule has 0 aliphatic rings. The van der Waals surface area contributed by atoms with Crippen LogP contribution in [-0.2, 0) is 18.8 Å². The van der Waals surface area contributed by atoms with Gasteiger partial charge in [0.2, 0.25) is 0 Å². The average Bonchev–Trinajstić information content (AvgIpc) is 2.31. The van der Waals surface area contributed by atoms with Gasteiger partial charge in [-0.25, -0.2) is 0 Å². The maximum Gasteiger partial charge on any atom is 0.399 e. The van der Waals surface area contributed by atoms with Gasteiger partial charge in [0.1, 0.15) is 0 Å². The fourth-order valence-electron chi connectivity index (χ4n) is 0.828. The first-order valence-corrected chi connectivity index (χ1v) is 6.21. The van der Waals surface area contributed by atoms with Gasteiger partial charge in [0.25, 0.3) is 0 Å². The normalized spacial score (nSPS) is 10.6. The monoisotopic (exact) mass is 293 g/mol. The van der Waals surface area contributed by atoms with Gasteiger partial charge in [-0.1, -0.05) is 0 Å². The van der Waals surface area contributed by atoms with Crippen molar-refractivity contribution < 1.29 is 32.1 Å². The van der Waals surface area contributed by atoms with Crippen LogP contribution in [0.3, 0.4) is 0 Å². The molecule has 9 nitrogen and oxygen atoms in total. The average molecular weight is 293 g/mol. The van der Waals surface area contributed by atoms with E-state index in [1.165, 1.54) is 0 Å². The Hall–Kier alpha value is -0.330. The van der Waals surface area contributed by atoms with Crippen molar-refractivity contribution in [3.8, 4) is 0 Å². The van der Waals surface area contributed by atoms with Gasteiger partial charge in [0.15, 0.2) is 0 Å². The van der Waals surface area contributed by atoms with E-state index in [0.29, 0.717) is 19.6 Å². The summed E-state index contributed by atoms with van der Waals surface area (Å²) in [7, 11) is -1.60. The van der Waals surface area contributed by atoms with E-state index in [4.69, 9.17) is 15.3 Å². The summed E-state index contributed by atoms with van der Waals surface area (Å²) in [5, 5.41) is 25.5. The number of quaternary nitrogens is 1. The van der Waals surface area contributed by atoms with Crippen LogP contribution in [-0.4, -0.2) is 82.3 Å². The summed E-state index contributed by atoms with van der Waals surface area (Å²) >= 11 is 0. The number of hydrogen-bond acceptors (Lipinski definition) is 8. The van der Waals surface area contributed by atoms with Gasteiger partial charge in [-0.3, -0.25) is 13.3 Å². The zero-order valence-electron chi connectivity index (χ0n) is 11.1. The number of aliphatic hydroxyl groups excluding tert-OH is 3. The second kappa shape index (κ2) is 14.7. The van der Waals surface area contributed by atoms with Crippen molar-refractivity contribution in [1.82, 2.24) is 11.1 Å². The zero-order valence-corrected chi connectivity index (χ0v) is 11.9. The van der Waals surface area contributed by atoms with Crippen LogP contribution in [0.5, 0.6) is 0 Å². The van der Waals surface area contributed by atoms with Crippen LogP contribution >= 0.6 is 0 Å². The second-order valence-electron chi connectivity index (χ2n) is 2.75. The topological polar surface area (TPSA) is 153 Å². The molecule has 10 heteroatoms. The molecule has 0 aliphatic heterocycles. The molecular weight excluding hydrogens is 268 g/mol. The smallest absolute Gasteiger partial charge is 0.395 e. The lowest BCUT2D eigenvalue weighted by atomic mass is 10.4. The molecule has 0 fully saturated rings. The Bertz CT molecular complexity index is 224. The summed E-state index contributed by atoms with van der Waals surface area (Å²) in [5.74, 6) is 0. The second-order valence-corrected chi connectivity index (χ2v) is 4.24. The van der Waals surface area contributed by atoms with E-state index in [1.54, 1.807) is 4.90 Å². The van der Waals surface area contributed by atoms with Gasteiger partial charge in [-0.15, -0.1) is 0 Å². The van der Waals surface area contributed by atoms with Crippen LogP contribution in [0.4, 0.5) is 0 Å². The molecule has 114 valence electrons. The van der Waals surface area contributed by atoms with E-state index in [-0.39, 0.29) is 26.0 Å². The first kappa shape index (κ1) is 22.8. The molecule has 0 heterocycles. The van der Waals surface area contributed by atoms with Crippen LogP contribution in [0.15, 0.2) is 0 Å².